The molecule has 1 aromatic carbocycles. The first kappa shape index (κ1) is 16.6. The Bertz CT molecular complexity index is 462. The molecule has 0 radical (unpaired) electrons. The number of rotatable bonds is 7. The summed E-state index contributed by atoms with van der Waals surface area (Å²) in [5, 5.41) is 0. The molecule has 0 aliphatic heterocycles. The average molecular weight is 292 g/mol. The summed E-state index contributed by atoms with van der Waals surface area (Å²) in [4.78, 5) is 6.54. The Morgan fingerprint density at radius 3 is 2.35 bits per heavy atom. The average Bonchev–Trinajstić information content (AvgIpc) is 2.47. The van der Waals surface area contributed by atoms with Crippen LogP contribution >= 0.6 is 12.4 Å². The van der Waals surface area contributed by atoms with Crippen LogP contribution < -0.4 is 5.73 Å². The monoisotopic (exact) mass is 291 g/mol. The lowest BCUT2D eigenvalue weighted by atomic mass is 10.1. The van der Waals surface area contributed by atoms with Crippen molar-refractivity contribution in [2.24, 2.45) is 5.73 Å². The fraction of sp³-hybridized carbons (Fsp3) is 0.312. The van der Waals surface area contributed by atoms with E-state index in [1.165, 1.54) is 11.1 Å². The maximum atomic E-state index is 5.69. The van der Waals surface area contributed by atoms with Crippen LogP contribution in [0.3, 0.4) is 0 Å². The third-order valence-corrected chi connectivity index (χ3v) is 3.13. The molecule has 2 rings (SSSR count). The van der Waals surface area contributed by atoms with Gasteiger partial charge in [0.2, 0.25) is 0 Å². The van der Waals surface area contributed by atoms with E-state index in [2.05, 4.69) is 46.3 Å². The van der Waals surface area contributed by atoms with Crippen LogP contribution in [0.5, 0.6) is 0 Å². The Labute approximate surface area is 127 Å². The maximum absolute atomic E-state index is 5.69. The summed E-state index contributed by atoms with van der Waals surface area (Å²) in [5.41, 5.74) is 8.31. The van der Waals surface area contributed by atoms with Crippen molar-refractivity contribution in [1.29, 1.82) is 0 Å². The second-order valence-corrected chi connectivity index (χ2v) is 4.66. The summed E-state index contributed by atoms with van der Waals surface area (Å²) in [6, 6.07) is 14.7. The van der Waals surface area contributed by atoms with Crippen LogP contribution in [0.25, 0.3) is 0 Å². The molecule has 3 nitrogen and oxygen atoms in total. The molecule has 0 aliphatic rings. The predicted octanol–water partition coefficient (Wildman–Crippen LogP) is 2.51. The number of hydrogen-bond acceptors (Lipinski definition) is 3. The van der Waals surface area contributed by atoms with Crippen LogP contribution in [-0.4, -0.2) is 29.5 Å². The van der Waals surface area contributed by atoms with Crippen LogP contribution in [0.1, 0.15) is 11.1 Å². The van der Waals surface area contributed by atoms with Crippen molar-refractivity contribution in [2.45, 2.75) is 13.0 Å². The van der Waals surface area contributed by atoms with E-state index >= 15 is 0 Å². The highest BCUT2D eigenvalue weighted by Crippen LogP contribution is 2.05. The highest BCUT2D eigenvalue weighted by atomic mass is 35.5. The van der Waals surface area contributed by atoms with E-state index in [1.807, 2.05) is 12.3 Å². The Morgan fingerprint density at radius 1 is 0.950 bits per heavy atom. The van der Waals surface area contributed by atoms with Crippen molar-refractivity contribution >= 4 is 12.4 Å². The van der Waals surface area contributed by atoms with Crippen molar-refractivity contribution in [3.63, 3.8) is 0 Å². The van der Waals surface area contributed by atoms with Crippen molar-refractivity contribution < 1.29 is 0 Å². The highest BCUT2D eigenvalue weighted by Gasteiger charge is 2.05. The van der Waals surface area contributed by atoms with Gasteiger partial charge in [0.1, 0.15) is 0 Å². The SMILES string of the molecule is Cl.NCCN(CCc1ccccc1)Cc1cccnc1. The Hall–Kier alpha value is -1.42. The van der Waals surface area contributed by atoms with Gasteiger partial charge in [-0.1, -0.05) is 36.4 Å². The number of hydrogen-bond donors (Lipinski definition) is 1. The van der Waals surface area contributed by atoms with E-state index in [-0.39, 0.29) is 12.4 Å². The molecule has 1 aromatic heterocycles. The lowest BCUT2D eigenvalue weighted by molar-refractivity contribution is 0.276. The molecule has 0 saturated heterocycles. The van der Waals surface area contributed by atoms with Crippen molar-refractivity contribution in [1.82, 2.24) is 9.88 Å². The van der Waals surface area contributed by atoms with E-state index in [1.54, 1.807) is 6.20 Å². The van der Waals surface area contributed by atoms with Crippen molar-refractivity contribution in [3.8, 4) is 0 Å². The Kier molecular flexibility index (Phi) is 7.88. The summed E-state index contributed by atoms with van der Waals surface area (Å²) >= 11 is 0. The number of aromatic nitrogens is 1. The number of nitrogens with zero attached hydrogens (tertiary/aromatic N) is 2. The fourth-order valence-corrected chi connectivity index (χ4v) is 2.13. The quantitative estimate of drug-likeness (QED) is 0.852. The summed E-state index contributed by atoms with van der Waals surface area (Å²) in [6.07, 6.45) is 4.79. The Morgan fingerprint density at radius 2 is 1.70 bits per heavy atom. The normalized spacial score (nSPS) is 10.3. The molecule has 2 N–H and O–H groups in total. The minimum Gasteiger partial charge on any atom is -0.329 e. The summed E-state index contributed by atoms with van der Waals surface area (Å²) < 4.78 is 0. The zero-order valence-corrected chi connectivity index (χ0v) is 12.4. The largest absolute Gasteiger partial charge is 0.329 e. The first-order chi connectivity index (χ1) is 9.38. The number of benzene rings is 1. The topological polar surface area (TPSA) is 42.1 Å². The van der Waals surface area contributed by atoms with Gasteiger partial charge < -0.3 is 5.73 Å². The lowest BCUT2D eigenvalue weighted by Gasteiger charge is -2.21. The molecule has 0 fully saturated rings. The van der Waals surface area contributed by atoms with Gasteiger partial charge in [-0.15, -0.1) is 12.4 Å². The molecule has 2 aromatic rings. The van der Waals surface area contributed by atoms with E-state index in [0.29, 0.717) is 6.54 Å². The molecular weight excluding hydrogens is 270 g/mol. The van der Waals surface area contributed by atoms with Gasteiger partial charge in [-0.25, -0.2) is 0 Å². The third-order valence-electron chi connectivity index (χ3n) is 3.13. The molecule has 0 atom stereocenters. The Balaban J connectivity index is 0.00000200. The standard InChI is InChI=1S/C16H21N3.ClH/c17-9-12-19(14-16-7-4-10-18-13-16)11-8-15-5-2-1-3-6-15;/h1-7,10,13H,8-9,11-12,14,17H2;1H. The van der Waals surface area contributed by atoms with Gasteiger partial charge in [0.05, 0.1) is 0 Å². The zero-order valence-electron chi connectivity index (χ0n) is 11.6. The van der Waals surface area contributed by atoms with Crippen LogP contribution in [0, 0.1) is 0 Å². The van der Waals surface area contributed by atoms with Gasteiger partial charge in [-0.2, -0.15) is 0 Å². The molecular formula is C16H22ClN3. The fourth-order valence-electron chi connectivity index (χ4n) is 2.13. The molecule has 0 saturated carbocycles. The van der Waals surface area contributed by atoms with Gasteiger partial charge in [0, 0.05) is 38.6 Å². The summed E-state index contributed by atoms with van der Waals surface area (Å²) in [6.45, 7) is 3.55. The van der Waals surface area contributed by atoms with E-state index in [9.17, 15) is 0 Å². The molecule has 1 heterocycles. The van der Waals surface area contributed by atoms with Crippen LogP contribution in [0.15, 0.2) is 54.9 Å². The second kappa shape index (κ2) is 9.48. The van der Waals surface area contributed by atoms with Gasteiger partial charge in [0.15, 0.2) is 0 Å². The first-order valence-electron chi connectivity index (χ1n) is 6.74. The minimum atomic E-state index is 0. The molecule has 0 spiro atoms. The van der Waals surface area contributed by atoms with E-state index < -0.39 is 0 Å². The highest BCUT2D eigenvalue weighted by molar-refractivity contribution is 5.85. The maximum Gasteiger partial charge on any atom is 0.0312 e. The van der Waals surface area contributed by atoms with Crippen molar-refractivity contribution in [3.05, 3.63) is 66.0 Å². The summed E-state index contributed by atoms with van der Waals surface area (Å²) in [7, 11) is 0. The summed E-state index contributed by atoms with van der Waals surface area (Å²) in [5.74, 6) is 0. The molecule has 0 amide bonds. The number of pyridine rings is 1. The van der Waals surface area contributed by atoms with E-state index in [0.717, 1.165) is 26.1 Å². The third kappa shape index (κ3) is 5.70. The van der Waals surface area contributed by atoms with Crippen LogP contribution in [0.2, 0.25) is 0 Å². The van der Waals surface area contributed by atoms with Gasteiger partial charge in [0.25, 0.3) is 0 Å². The lowest BCUT2D eigenvalue weighted by Crippen LogP contribution is -2.31. The zero-order chi connectivity index (χ0) is 13.3. The number of halogens is 1. The van der Waals surface area contributed by atoms with E-state index in [4.69, 9.17) is 5.73 Å². The smallest absolute Gasteiger partial charge is 0.0312 e. The minimum absolute atomic E-state index is 0. The van der Waals surface area contributed by atoms with Gasteiger partial charge in [-0.3, -0.25) is 9.88 Å². The van der Waals surface area contributed by atoms with Crippen molar-refractivity contribution in [2.75, 3.05) is 19.6 Å². The predicted molar refractivity (Wildman–Crippen MR) is 86.0 cm³/mol. The molecule has 0 aliphatic carbocycles. The molecule has 0 unspecified atom stereocenters. The second-order valence-electron chi connectivity index (χ2n) is 4.66. The van der Waals surface area contributed by atoms with Gasteiger partial charge >= 0.3 is 0 Å². The molecule has 20 heavy (non-hydrogen) atoms. The number of nitrogens with two attached hydrogens (primary N) is 1. The van der Waals surface area contributed by atoms with Gasteiger partial charge in [-0.05, 0) is 23.6 Å². The molecule has 0 bridgehead atoms. The molecule has 108 valence electrons. The van der Waals surface area contributed by atoms with Crippen LogP contribution in [0.4, 0.5) is 0 Å². The molecule has 4 heteroatoms. The van der Waals surface area contributed by atoms with Crippen LogP contribution in [-0.2, 0) is 13.0 Å². The first-order valence-corrected chi connectivity index (χ1v) is 6.74.